The van der Waals surface area contributed by atoms with E-state index in [9.17, 15) is 15.0 Å². The number of rotatable bonds is 12. The van der Waals surface area contributed by atoms with E-state index in [0.717, 1.165) is 0 Å². The van der Waals surface area contributed by atoms with Crippen molar-refractivity contribution < 1.29 is 19.8 Å². The van der Waals surface area contributed by atoms with Gasteiger partial charge in [-0.1, -0.05) is 195 Å². The van der Waals surface area contributed by atoms with E-state index < -0.39 is 40.5 Å². The maximum absolute atomic E-state index is 16.2. The highest BCUT2D eigenvalue weighted by atomic mass is 16.3. The van der Waals surface area contributed by atoms with Crippen molar-refractivity contribution in [2.75, 3.05) is 0 Å². The molecule has 1 fully saturated rings. The molecule has 0 saturated heterocycles. The third-order valence-electron chi connectivity index (χ3n) is 11.0. The van der Waals surface area contributed by atoms with Crippen LogP contribution in [0.3, 0.4) is 0 Å². The number of hydrogen-bond acceptors (Lipinski definition) is 4. The lowest BCUT2D eigenvalue weighted by atomic mass is 9.70. The molecule has 6 aromatic carbocycles. The van der Waals surface area contributed by atoms with Crippen molar-refractivity contribution in [3.05, 3.63) is 215 Å². The quantitative estimate of drug-likeness (QED) is 0.112. The summed E-state index contributed by atoms with van der Waals surface area (Å²) in [4.78, 5) is 31.6. The fourth-order valence-corrected chi connectivity index (χ4v) is 8.39. The van der Waals surface area contributed by atoms with Crippen molar-refractivity contribution in [1.29, 1.82) is 0 Å². The van der Waals surface area contributed by atoms with E-state index in [4.69, 9.17) is 5.73 Å². The molecule has 266 valence electrons. The Morgan fingerprint density at radius 3 is 1.02 bits per heavy atom. The number of benzene rings is 6. The van der Waals surface area contributed by atoms with Gasteiger partial charge in [-0.2, -0.15) is 0 Å². The molecule has 6 aromatic rings. The Labute approximate surface area is 311 Å². The fourth-order valence-electron chi connectivity index (χ4n) is 8.39. The van der Waals surface area contributed by atoms with Crippen LogP contribution >= 0.6 is 0 Å². The van der Waals surface area contributed by atoms with Gasteiger partial charge in [0.1, 0.15) is 16.6 Å². The number of carbonyl (C=O) groups excluding carboxylic acids is 2. The van der Waals surface area contributed by atoms with Crippen molar-refractivity contribution in [2.45, 2.75) is 49.0 Å². The average molecular weight is 701 g/mol. The van der Waals surface area contributed by atoms with Gasteiger partial charge in [0.2, 0.25) is 11.8 Å². The first-order valence-electron chi connectivity index (χ1n) is 18.2. The van der Waals surface area contributed by atoms with E-state index in [1.54, 1.807) is 4.90 Å². The van der Waals surface area contributed by atoms with Crippen molar-refractivity contribution in [3.63, 3.8) is 0 Å². The van der Waals surface area contributed by atoms with Gasteiger partial charge in [-0.3, -0.25) is 9.59 Å². The highest BCUT2D eigenvalue weighted by Crippen LogP contribution is 2.55. The van der Waals surface area contributed by atoms with Crippen LogP contribution in [-0.2, 0) is 20.8 Å². The molecule has 2 amide bonds. The normalized spacial score (nSPS) is 15.3. The summed E-state index contributed by atoms with van der Waals surface area (Å²) < 4.78 is 0. The summed E-state index contributed by atoms with van der Waals surface area (Å²) >= 11 is 0. The summed E-state index contributed by atoms with van der Waals surface area (Å²) in [6, 6.07) is 53.6. The largest absolute Gasteiger partial charge is 0.378 e. The van der Waals surface area contributed by atoms with Gasteiger partial charge >= 0.3 is 0 Å². The van der Waals surface area contributed by atoms with Gasteiger partial charge in [0.25, 0.3) is 0 Å². The molecule has 6 heteroatoms. The molecule has 1 aliphatic rings. The average Bonchev–Trinajstić information content (AvgIpc) is 3.74. The molecule has 0 unspecified atom stereocenters. The van der Waals surface area contributed by atoms with Gasteiger partial charge in [-0.25, -0.2) is 0 Å². The van der Waals surface area contributed by atoms with Crippen LogP contribution in [0.1, 0.15) is 71.1 Å². The third kappa shape index (κ3) is 6.35. The maximum Gasteiger partial charge on any atom is 0.239 e. The zero-order valence-electron chi connectivity index (χ0n) is 29.5. The number of hydrogen-bond donors (Lipinski definition) is 3. The first-order chi connectivity index (χ1) is 25.8. The van der Waals surface area contributed by atoms with Gasteiger partial charge < -0.3 is 20.8 Å². The first kappa shape index (κ1) is 35.6. The van der Waals surface area contributed by atoms with Gasteiger partial charge in [0, 0.05) is 0 Å². The monoisotopic (exact) mass is 700 g/mol. The molecule has 4 N–H and O–H groups in total. The standard InChI is InChI=1S/C47H44N2O4/c48-43(50)45(33-19-20-34-45)44(51)49(41(35-21-7-1-8-22-35)46(52,37-25-11-3-12-26-37)38-27-13-4-14-28-38)42(36-23-9-2-10-24-36)47(53,39-29-15-5-16-30-39)40-31-17-6-18-32-40/h1-18,21-32,41-42,52-53H,19-20,33-34H2,(H2,48,50)/t41-,42-/m1/s1. The number of aliphatic hydroxyl groups is 2. The van der Waals surface area contributed by atoms with Crippen molar-refractivity contribution in [3.8, 4) is 0 Å². The summed E-state index contributed by atoms with van der Waals surface area (Å²) in [5, 5.41) is 27.7. The Morgan fingerprint density at radius 2 is 0.755 bits per heavy atom. The Bertz CT molecular complexity index is 1890. The molecule has 6 nitrogen and oxygen atoms in total. The molecule has 0 heterocycles. The molecular formula is C47H44N2O4. The van der Waals surface area contributed by atoms with Crippen LogP contribution in [0.5, 0.6) is 0 Å². The second-order valence-corrected chi connectivity index (χ2v) is 14.0. The Morgan fingerprint density at radius 1 is 0.491 bits per heavy atom. The summed E-state index contributed by atoms with van der Waals surface area (Å²) in [6.07, 6.45) is 1.78. The van der Waals surface area contributed by atoms with Crippen molar-refractivity contribution >= 4 is 11.8 Å². The molecule has 0 aliphatic heterocycles. The molecule has 0 spiro atoms. The van der Waals surface area contributed by atoms with E-state index in [1.165, 1.54) is 0 Å². The Balaban J connectivity index is 1.66. The van der Waals surface area contributed by atoms with Crippen LogP contribution in [-0.4, -0.2) is 26.9 Å². The molecule has 1 saturated carbocycles. The van der Waals surface area contributed by atoms with E-state index in [0.29, 0.717) is 46.2 Å². The predicted molar refractivity (Wildman–Crippen MR) is 207 cm³/mol. The fraction of sp³-hybridized carbons (Fsp3) is 0.191. The molecule has 53 heavy (non-hydrogen) atoms. The van der Waals surface area contributed by atoms with Gasteiger partial charge in [0.05, 0.1) is 12.1 Å². The van der Waals surface area contributed by atoms with Crippen LogP contribution in [0.15, 0.2) is 182 Å². The minimum absolute atomic E-state index is 0.255. The lowest BCUT2D eigenvalue weighted by Crippen LogP contribution is -2.59. The topological polar surface area (TPSA) is 104 Å². The lowest BCUT2D eigenvalue weighted by Gasteiger charge is -2.53. The summed E-state index contributed by atoms with van der Waals surface area (Å²) in [7, 11) is 0. The van der Waals surface area contributed by atoms with Crippen LogP contribution in [0.25, 0.3) is 0 Å². The number of amides is 2. The van der Waals surface area contributed by atoms with E-state index in [2.05, 4.69) is 0 Å². The summed E-state index contributed by atoms with van der Waals surface area (Å²) in [5.74, 6) is -1.25. The van der Waals surface area contributed by atoms with Crippen molar-refractivity contribution in [1.82, 2.24) is 4.90 Å². The molecule has 7 rings (SSSR count). The van der Waals surface area contributed by atoms with Crippen LogP contribution in [0.4, 0.5) is 0 Å². The van der Waals surface area contributed by atoms with Gasteiger partial charge in [-0.05, 0) is 46.2 Å². The highest BCUT2D eigenvalue weighted by molar-refractivity contribution is 6.05. The first-order valence-corrected chi connectivity index (χ1v) is 18.2. The zero-order chi connectivity index (χ0) is 36.9. The van der Waals surface area contributed by atoms with Crippen LogP contribution in [0, 0.1) is 5.41 Å². The van der Waals surface area contributed by atoms with Crippen LogP contribution < -0.4 is 5.73 Å². The molecular weight excluding hydrogens is 657 g/mol. The van der Waals surface area contributed by atoms with E-state index >= 15 is 4.79 Å². The highest BCUT2D eigenvalue weighted by Gasteiger charge is 2.59. The maximum atomic E-state index is 16.2. The minimum Gasteiger partial charge on any atom is -0.378 e. The Kier molecular flexibility index (Phi) is 10.1. The zero-order valence-corrected chi connectivity index (χ0v) is 29.5. The lowest BCUT2D eigenvalue weighted by molar-refractivity contribution is -0.168. The number of carbonyl (C=O) groups is 2. The van der Waals surface area contributed by atoms with E-state index in [-0.39, 0.29) is 12.8 Å². The molecule has 2 atom stereocenters. The second-order valence-electron chi connectivity index (χ2n) is 14.0. The third-order valence-corrected chi connectivity index (χ3v) is 11.0. The Hall–Kier alpha value is -5.82. The van der Waals surface area contributed by atoms with Gasteiger partial charge in [0.15, 0.2) is 0 Å². The number of primary amides is 1. The molecule has 0 bridgehead atoms. The smallest absolute Gasteiger partial charge is 0.239 e. The molecule has 0 aromatic heterocycles. The molecule has 0 radical (unpaired) electrons. The number of nitrogens with two attached hydrogens (primary N) is 1. The second kappa shape index (κ2) is 15.0. The molecule has 1 aliphatic carbocycles. The minimum atomic E-state index is -1.90. The summed E-state index contributed by atoms with van der Waals surface area (Å²) in [6.45, 7) is 0. The number of nitrogens with zero attached hydrogens (tertiary/aromatic N) is 1. The SMILES string of the molecule is NC(=O)C1(C(=O)N([C@H](c2ccccc2)C(O)(c2ccccc2)c2ccccc2)[C@H](c2ccccc2)C(O)(c2ccccc2)c2ccccc2)CCCC1. The van der Waals surface area contributed by atoms with Crippen molar-refractivity contribution in [2.24, 2.45) is 11.1 Å². The van der Waals surface area contributed by atoms with E-state index in [1.807, 2.05) is 182 Å². The predicted octanol–water partition coefficient (Wildman–Crippen LogP) is 8.22. The summed E-state index contributed by atoms with van der Waals surface area (Å²) in [5.41, 5.74) is 4.27. The van der Waals surface area contributed by atoms with Gasteiger partial charge in [-0.15, -0.1) is 0 Å². The van der Waals surface area contributed by atoms with Crippen LogP contribution in [0.2, 0.25) is 0 Å².